The van der Waals surface area contributed by atoms with Crippen LogP contribution in [0.25, 0.3) is 0 Å². The van der Waals surface area contributed by atoms with E-state index in [2.05, 4.69) is 20.9 Å². The molecule has 1 fully saturated rings. The molecule has 9 heteroatoms. The molecule has 0 aliphatic carbocycles. The highest BCUT2D eigenvalue weighted by molar-refractivity contribution is 9.11. The monoisotopic (exact) mass is 426 g/mol. The van der Waals surface area contributed by atoms with E-state index < -0.39 is 20.1 Å². The molecule has 0 amide bonds. The molecule has 1 saturated heterocycles. The first-order valence-corrected chi connectivity index (χ1v) is 10.5. The van der Waals surface area contributed by atoms with Gasteiger partial charge in [0.05, 0.1) is 19.4 Å². The molecule has 22 heavy (non-hydrogen) atoms. The highest BCUT2D eigenvalue weighted by Gasteiger charge is 2.55. The van der Waals surface area contributed by atoms with Crippen LogP contribution in [0.3, 0.4) is 0 Å². The predicted molar refractivity (Wildman–Crippen MR) is 92.6 cm³/mol. The lowest BCUT2D eigenvalue weighted by molar-refractivity contribution is 0.0875. The minimum absolute atomic E-state index is 0.0899. The van der Waals surface area contributed by atoms with Crippen LogP contribution in [0.2, 0.25) is 5.02 Å². The fourth-order valence-corrected chi connectivity index (χ4v) is 7.84. The molecule has 3 heterocycles. The third kappa shape index (κ3) is 2.43. The van der Waals surface area contributed by atoms with Crippen LogP contribution in [0.4, 0.5) is 0 Å². The smallest absolute Gasteiger partial charge is 0.166 e. The van der Waals surface area contributed by atoms with Crippen molar-refractivity contribution in [2.24, 2.45) is 10.7 Å². The molecule has 3 rings (SSSR count). The summed E-state index contributed by atoms with van der Waals surface area (Å²) < 4.78 is 31.1. The van der Waals surface area contributed by atoms with Gasteiger partial charge in [0.2, 0.25) is 0 Å². The van der Waals surface area contributed by atoms with Gasteiger partial charge in [0.1, 0.15) is 16.1 Å². The minimum atomic E-state index is -3.46. The van der Waals surface area contributed by atoms with Gasteiger partial charge in [-0.1, -0.05) is 11.6 Å². The molecule has 0 aromatic carbocycles. The second kappa shape index (κ2) is 5.44. The van der Waals surface area contributed by atoms with E-state index in [1.807, 2.05) is 0 Å². The average molecular weight is 428 g/mol. The van der Waals surface area contributed by atoms with E-state index in [4.69, 9.17) is 22.1 Å². The van der Waals surface area contributed by atoms with Crippen molar-refractivity contribution in [3.05, 3.63) is 19.8 Å². The molecular weight excluding hydrogens is 412 g/mol. The van der Waals surface area contributed by atoms with Gasteiger partial charge in [-0.2, -0.15) is 0 Å². The zero-order chi connectivity index (χ0) is 16.2. The number of ether oxygens (including phenoxy) is 1. The summed E-state index contributed by atoms with van der Waals surface area (Å²) in [7, 11) is -3.46. The van der Waals surface area contributed by atoms with E-state index in [0.717, 1.165) is 8.66 Å². The summed E-state index contributed by atoms with van der Waals surface area (Å²) in [4.78, 5) is 5.31. The summed E-state index contributed by atoms with van der Waals surface area (Å²) in [5, 5.41) is 0.508. The summed E-state index contributed by atoms with van der Waals surface area (Å²) >= 11 is 11.0. The van der Waals surface area contributed by atoms with Crippen molar-refractivity contribution in [3.63, 3.8) is 0 Å². The summed E-state index contributed by atoms with van der Waals surface area (Å²) in [6.45, 7) is 2.54. The number of hydrogen-bond acceptors (Lipinski definition) is 6. The molecule has 1 aromatic heterocycles. The van der Waals surface area contributed by atoms with E-state index in [0.29, 0.717) is 31.1 Å². The molecular formula is C13H16BrClN2O3S2. The van der Waals surface area contributed by atoms with Crippen LogP contribution in [-0.4, -0.2) is 38.0 Å². The van der Waals surface area contributed by atoms with E-state index in [9.17, 15) is 8.42 Å². The SMILES string of the molecule is CC1(c2sc(Br)cc2Cl)CS(=O)(=O)C2(CCOCC2)C(N)=N1. The topological polar surface area (TPSA) is 81.8 Å². The quantitative estimate of drug-likeness (QED) is 0.747. The maximum absolute atomic E-state index is 13.0. The van der Waals surface area contributed by atoms with Gasteiger partial charge in [-0.05, 0) is 41.8 Å². The van der Waals surface area contributed by atoms with Crippen LogP contribution in [0.5, 0.6) is 0 Å². The molecule has 1 atom stereocenters. The molecule has 0 bridgehead atoms. The predicted octanol–water partition coefficient (Wildman–Crippen LogP) is 2.71. The van der Waals surface area contributed by atoms with Crippen molar-refractivity contribution < 1.29 is 13.2 Å². The van der Waals surface area contributed by atoms with Crippen molar-refractivity contribution in [1.29, 1.82) is 0 Å². The summed E-state index contributed by atoms with van der Waals surface area (Å²) in [6, 6.07) is 1.75. The Morgan fingerprint density at radius 1 is 1.45 bits per heavy atom. The number of sulfone groups is 1. The Morgan fingerprint density at radius 3 is 2.59 bits per heavy atom. The molecule has 1 spiro atoms. The highest BCUT2D eigenvalue weighted by Crippen LogP contribution is 2.46. The van der Waals surface area contributed by atoms with Gasteiger partial charge >= 0.3 is 0 Å². The largest absolute Gasteiger partial charge is 0.386 e. The Bertz CT molecular complexity index is 740. The standard InChI is InChI=1S/C13H16BrClN2O3S2/c1-12(10-8(15)6-9(14)21-10)7-22(18,19)13(11(16)17-12)2-4-20-5-3-13/h6H,2-5,7H2,1H3,(H2,16,17). The van der Waals surface area contributed by atoms with Gasteiger partial charge in [-0.3, -0.25) is 4.99 Å². The Hall–Kier alpha value is -0.150. The summed E-state index contributed by atoms with van der Waals surface area (Å²) in [6.07, 6.45) is 0.727. The Labute approximate surface area is 146 Å². The molecule has 122 valence electrons. The van der Waals surface area contributed by atoms with Gasteiger partial charge in [0, 0.05) is 13.2 Å². The lowest BCUT2D eigenvalue weighted by atomic mass is 9.95. The second-order valence-corrected chi connectivity index (χ2v) is 11.0. The second-order valence-electron chi connectivity index (χ2n) is 5.86. The maximum atomic E-state index is 13.0. The first-order chi connectivity index (χ1) is 10.2. The number of halogens is 2. The first-order valence-electron chi connectivity index (χ1n) is 6.81. The number of rotatable bonds is 1. The summed E-state index contributed by atoms with van der Waals surface area (Å²) in [5.74, 6) is 0.0954. The maximum Gasteiger partial charge on any atom is 0.166 e. The molecule has 2 aliphatic heterocycles. The van der Waals surface area contributed by atoms with Gasteiger partial charge in [-0.15, -0.1) is 11.3 Å². The Morgan fingerprint density at radius 2 is 2.09 bits per heavy atom. The van der Waals surface area contributed by atoms with Crippen molar-refractivity contribution in [3.8, 4) is 0 Å². The van der Waals surface area contributed by atoms with Gasteiger partial charge in [0.15, 0.2) is 9.84 Å². The molecule has 0 saturated carbocycles. The normalized spacial score (nSPS) is 30.2. The van der Waals surface area contributed by atoms with Crippen molar-refractivity contribution >= 4 is 54.5 Å². The average Bonchev–Trinajstić information content (AvgIpc) is 2.77. The van der Waals surface area contributed by atoms with Crippen molar-refractivity contribution in [2.45, 2.75) is 30.1 Å². The number of nitrogens with zero attached hydrogens (tertiary/aromatic N) is 1. The number of aliphatic imine (C=N–C) groups is 1. The van der Waals surface area contributed by atoms with Crippen molar-refractivity contribution in [1.82, 2.24) is 0 Å². The van der Waals surface area contributed by atoms with E-state index in [1.165, 1.54) is 11.3 Å². The Balaban J connectivity index is 2.13. The van der Waals surface area contributed by atoms with E-state index in [1.54, 1.807) is 13.0 Å². The molecule has 1 unspecified atom stereocenters. The van der Waals surface area contributed by atoms with Gasteiger partial charge in [-0.25, -0.2) is 8.42 Å². The van der Waals surface area contributed by atoms with Crippen LogP contribution >= 0.6 is 38.9 Å². The van der Waals surface area contributed by atoms with Crippen LogP contribution in [-0.2, 0) is 20.1 Å². The van der Waals surface area contributed by atoms with Crippen LogP contribution < -0.4 is 5.73 Å². The molecule has 0 radical (unpaired) electrons. The van der Waals surface area contributed by atoms with Crippen LogP contribution in [0, 0.1) is 0 Å². The third-order valence-electron chi connectivity index (χ3n) is 4.35. The molecule has 1 aromatic rings. The van der Waals surface area contributed by atoms with Gasteiger partial charge in [0.25, 0.3) is 0 Å². The fourth-order valence-electron chi connectivity index (χ4n) is 3.16. The van der Waals surface area contributed by atoms with Crippen LogP contribution in [0.15, 0.2) is 14.8 Å². The van der Waals surface area contributed by atoms with Crippen molar-refractivity contribution in [2.75, 3.05) is 19.0 Å². The molecule has 2 aliphatic rings. The zero-order valence-corrected chi connectivity index (χ0v) is 15.9. The van der Waals surface area contributed by atoms with E-state index >= 15 is 0 Å². The molecule has 5 nitrogen and oxygen atoms in total. The zero-order valence-electron chi connectivity index (χ0n) is 11.9. The summed E-state index contributed by atoms with van der Waals surface area (Å²) in [5.41, 5.74) is 5.21. The first kappa shape index (κ1) is 16.7. The molecule has 2 N–H and O–H groups in total. The van der Waals surface area contributed by atoms with E-state index in [-0.39, 0.29) is 11.6 Å². The fraction of sp³-hybridized carbons (Fsp3) is 0.615. The minimum Gasteiger partial charge on any atom is -0.386 e. The number of hydrogen-bond donors (Lipinski definition) is 1. The van der Waals surface area contributed by atoms with Crippen LogP contribution in [0.1, 0.15) is 24.6 Å². The lowest BCUT2D eigenvalue weighted by Crippen LogP contribution is -2.60. The van der Waals surface area contributed by atoms with Gasteiger partial charge < -0.3 is 10.5 Å². The number of nitrogens with two attached hydrogens (primary N) is 1. The Kier molecular flexibility index (Phi) is 4.13. The highest BCUT2D eigenvalue weighted by atomic mass is 79.9. The number of amidine groups is 1. The third-order valence-corrected chi connectivity index (χ3v) is 9.40. The lowest BCUT2D eigenvalue weighted by Gasteiger charge is -2.43. The number of thiophene rings is 1.